The van der Waals surface area contributed by atoms with Crippen molar-refractivity contribution in [2.24, 2.45) is 5.92 Å². The Morgan fingerprint density at radius 2 is 1.81 bits per heavy atom. The van der Waals surface area contributed by atoms with Crippen molar-refractivity contribution >= 4 is 48.8 Å². The third kappa shape index (κ3) is 5.55. The molecule has 8 nitrogen and oxygen atoms in total. The zero-order valence-corrected chi connectivity index (χ0v) is 22.4. The van der Waals surface area contributed by atoms with E-state index in [-0.39, 0.29) is 39.3 Å². The van der Waals surface area contributed by atoms with E-state index in [0.717, 1.165) is 6.26 Å². The summed E-state index contributed by atoms with van der Waals surface area (Å²) in [4.78, 5) is 13.1. The number of amides is 1. The minimum atomic E-state index is -3.89. The number of benzene rings is 2. The van der Waals surface area contributed by atoms with E-state index >= 15 is 0 Å². The summed E-state index contributed by atoms with van der Waals surface area (Å²) in [5, 5.41) is 11.5. The van der Waals surface area contributed by atoms with Gasteiger partial charge in [-0.25, -0.2) is 16.8 Å². The van der Waals surface area contributed by atoms with E-state index in [1.54, 1.807) is 12.1 Å². The molecule has 2 aliphatic rings. The van der Waals surface area contributed by atoms with E-state index in [2.05, 4.69) is 11.4 Å². The van der Waals surface area contributed by atoms with Gasteiger partial charge < -0.3 is 10.1 Å². The maximum absolute atomic E-state index is 13.4. The Bertz CT molecular complexity index is 1450. The average molecular weight is 572 g/mol. The van der Waals surface area contributed by atoms with Crippen LogP contribution in [0.3, 0.4) is 0 Å². The van der Waals surface area contributed by atoms with Gasteiger partial charge in [-0.05, 0) is 55.5 Å². The lowest BCUT2D eigenvalue weighted by atomic mass is 10.0. The van der Waals surface area contributed by atoms with Crippen LogP contribution in [0.2, 0.25) is 10.0 Å². The van der Waals surface area contributed by atoms with Gasteiger partial charge in [0.25, 0.3) is 0 Å². The molecule has 0 heterocycles. The van der Waals surface area contributed by atoms with Gasteiger partial charge in [-0.3, -0.25) is 4.79 Å². The summed E-state index contributed by atoms with van der Waals surface area (Å²) >= 11 is 12.1. The SMILES string of the molecule is CS(=O)(=O)c1cc(Cl)ccc1CO[C@H]1C[C@@H](S(=O)(=O)c2ccccc2Cl)C[C@@H]1C(=O)NC1(C#N)CC1. The molecule has 0 saturated heterocycles. The van der Waals surface area contributed by atoms with Gasteiger partial charge >= 0.3 is 0 Å². The first-order valence-electron chi connectivity index (χ1n) is 11.2. The largest absolute Gasteiger partial charge is 0.373 e. The van der Waals surface area contributed by atoms with E-state index in [4.69, 9.17) is 27.9 Å². The van der Waals surface area contributed by atoms with Crippen LogP contribution < -0.4 is 5.32 Å². The topological polar surface area (TPSA) is 130 Å². The van der Waals surface area contributed by atoms with Crippen molar-refractivity contribution in [2.45, 2.75) is 59.0 Å². The standard InChI is InChI=1S/C24H24Cl2N2O6S2/c1-35(30,31)22-10-16(25)7-6-15(22)13-34-20-12-17(36(32,33)21-5-3-2-4-19(21)26)11-18(20)23(29)28-24(14-27)8-9-24/h2-7,10,17-18,20H,8-9,11-13H2,1H3,(H,28,29)/t17-,18-,20-/m0/s1. The van der Waals surface area contributed by atoms with Gasteiger partial charge in [0.05, 0.1) is 44.8 Å². The lowest BCUT2D eigenvalue weighted by Crippen LogP contribution is -2.42. The molecule has 1 N–H and O–H groups in total. The van der Waals surface area contributed by atoms with Crippen LogP contribution in [-0.2, 0) is 35.8 Å². The highest BCUT2D eigenvalue weighted by atomic mass is 35.5. The van der Waals surface area contributed by atoms with Crippen LogP contribution in [0.1, 0.15) is 31.2 Å². The zero-order chi connectivity index (χ0) is 26.3. The molecule has 0 unspecified atom stereocenters. The summed E-state index contributed by atoms with van der Waals surface area (Å²) in [7, 11) is -7.51. The van der Waals surface area contributed by atoms with E-state index in [9.17, 15) is 26.9 Å². The number of halogens is 2. The normalized spacial score (nSPS) is 23.1. The van der Waals surface area contributed by atoms with Crippen LogP contribution in [0.5, 0.6) is 0 Å². The molecule has 3 atom stereocenters. The summed E-state index contributed by atoms with van der Waals surface area (Å²) in [5.74, 6) is -1.32. The number of nitrogens with one attached hydrogen (secondary N) is 1. The van der Waals surface area contributed by atoms with Gasteiger partial charge in [-0.15, -0.1) is 0 Å². The van der Waals surface area contributed by atoms with Gasteiger partial charge in [0.1, 0.15) is 5.54 Å². The summed E-state index contributed by atoms with van der Waals surface area (Å²) < 4.78 is 57.3. The lowest BCUT2D eigenvalue weighted by Gasteiger charge is -2.21. The van der Waals surface area contributed by atoms with Crippen molar-refractivity contribution in [3.8, 4) is 6.07 Å². The first kappa shape index (κ1) is 26.9. The van der Waals surface area contributed by atoms with Crippen LogP contribution in [0.4, 0.5) is 0 Å². The Morgan fingerprint density at radius 3 is 2.42 bits per heavy atom. The van der Waals surface area contributed by atoms with Crippen LogP contribution >= 0.6 is 23.2 Å². The van der Waals surface area contributed by atoms with Crippen molar-refractivity contribution in [2.75, 3.05) is 6.26 Å². The molecular weight excluding hydrogens is 547 g/mol. The third-order valence-corrected chi connectivity index (χ3v) is 10.7. The molecule has 4 rings (SSSR count). The Hall–Kier alpha value is -2.16. The Labute approximate surface area is 220 Å². The molecule has 2 aromatic rings. The Balaban J connectivity index is 1.61. The molecule has 192 valence electrons. The lowest BCUT2D eigenvalue weighted by molar-refractivity contribution is -0.130. The smallest absolute Gasteiger partial charge is 0.227 e. The van der Waals surface area contributed by atoms with E-state index in [1.165, 1.54) is 30.3 Å². The Kier molecular flexibility index (Phi) is 7.43. The molecule has 0 radical (unpaired) electrons. The van der Waals surface area contributed by atoms with Gasteiger partial charge in [0, 0.05) is 11.3 Å². The van der Waals surface area contributed by atoms with Gasteiger partial charge in [-0.1, -0.05) is 41.4 Å². The second kappa shape index (κ2) is 9.95. The monoisotopic (exact) mass is 570 g/mol. The van der Waals surface area contributed by atoms with Gasteiger partial charge in [0.2, 0.25) is 5.91 Å². The molecule has 0 aromatic heterocycles. The molecule has 2 saturated carbocycles. The van der Waals surface area contributed by atoms with Crippen LogP contribution in [0, 0.1) is 17.2 Å². The fourth-order valence-electron chi connectivity index (χ4n) is 4.43. The predicted octanol–water partition coefficient (Wildman–Crippen LogP) is 3.71. The van der Waals surface area contributed by atoms with Crippen LogP contribution in [0.25, 0.3) is 0 Å². The van der Waals surface area contributed by atoms with Crippen molar-refractivity contribution < 1.29 is 26.4 Å². The second-order valence-electron chi connectivity index (χ2n) is 9.23. The summed E-state index contributed by atoms with van der Waals surface area (Å²) in [5.41, 5.74) is -0.588. The maximum Gasteiger partial charge on any atom is 0.227 e. The highest BCUT2D eigenvalue weighted by Gasteiger charge is 2.50. The first-order valence-corrected chi connectivity index (χ1v) is 15.4. The minimum Gasteiger partial charge on any atom is -0.373 e. The average Bonchev–Trinajstić information content (AvgIpc) is 3.44. The second-order valence-corrected chi connectivity index (χ2v) is 14.3. The Morgan fingerprint density at radius 1 is 1.11 bits per heavy atom. The first-order chi connectivity index (χ1) is 16.9. The molecule has 12 heteroatoms. The van der Waals surface area contributed by atoms with Crippen molar-refractivity contribution in [1.82, 2.24) is 5.32 Å². The van der Waals surface area contributed by atoms with Gasteiger partial charge in [-0.2, -0.15) is 5.26 Å². The van der Waals surface area contributed by atoms with Gasteiger partial charge in [0.15, 0.2) is 19.7 Å². The third-order valence-electron chi connectivity index (χ3n) is 6.59. The number of carbonyl (C=O) groups is 1. The maximum atomic E-state index is 13.4. The van der Waals surface area contributed by atoms with Crippen molar-refractivity contribution in [3.63, 3.8) is 0 Å². The summed E-state index contributed by atoms with van der Waals surface area (Å²) in [6.07, 6.45) is 1.26. The van der Waals surface area contributed by atoms with Crippen molar-refractivity contribution in [3.05, 3.63) is 58.1 Å². The number of sulfone groups is 2. The quantitative estimate of drug-likeness (QED) is 0.511. The van der Waals surface area contributed by atoms with E-state index in [0.29, 0.717) is 18.4 Å². The molecule has 1 amide bonds. The molecule has 2 aliphatic carbocycles. The number of hydrogen-bond acceptors (Lipinski definition) is 7. The number of nitriles is 1. The number of rotatable bonds is 8. The van der Waals surface area contributed by atoms with E-state index in [1.807, 2.05) is 0 Å². The van der Waals surface area contributed by atoms with Crippen molar-refractivity contribution in [1.29, 1.82) is 5.26 Å². The molecule has 0 spiro atoms. The number of ether oxygens (including phenoxy) is 1. The highest BCUT2D eigenvalue weighted by molar-refractivity contribution is 7.92. The molecule has 0 aliphatic heterocycles. The molecule has 36 heavy (non-hydrogen) atoms. The summed E-state index contributed by atoms with van der Waals surface area (Å²) in [6.45, 7) is -0.170. The molecule has 2 fully saturated rings. The molecular formula is C24H24Cl2N2O6S2. The van der Waals surface area contributed by atoms with Crippen LogP contribution in [0.15, 0.2) is 52.3 Å². The minimum absolute atomic E-state index is 0.00403. The predicted molar refractivity (Wildman–Crippen MR) is 134 cm³/mol. The highest BCUT2D eigenvalue weighted by Crippen LogP contribution is 2.40. The zero-order valence-electron chi connectivity index (χ0n) is 19.3. The number of hydrogen-bond donors (Lipinski definition) is 1. The van der Waals surface area contributed by atoms with Crippen LogP contribution in [-0.4, -0.2) is 45.9 Å². The number of carbonyl (C=O) groups excluding carboxylic acids is 1. The molecule has 2 aromatic carbocycles. The fraction of sp³-hybridized carbons (Fsp3) is 0.417. The molecule has 0 bridgehead atoms. The summed E-state index contributed by atoms with van der Waals surface area (Å²) in [6, 6.07) is 12.6. The number of nitrogens with zero attached hydrogens (tertiary/aromatic N) is 1. The fourth-order valence-corrected chi connectivity index (χ4v) is 7.94. The van der Waals surface area contributed by atoms with E-state index < -0.39 is 48.4 Å².